The summed E-state index contributed by atoms with van der Waals surface area (Å²) in [6.45, 7) is 6.88. The van der Waals surface area contributed by atoms with Crippen LogP contribution in [0.25, 0.3) is 0 Å². The molecule has 2 aromatic rings. The minimum atomic E-state index is -0.540. The first-order valence-electron chi connectivity index (χ1n) is 9.36. The second-order valence-corrected chi connectivity index (χ2v) is 9.03. The highest BCUT2D eigenvalue weighted by molar-refractivity contribution is 9.10. The average Bonchev–Trinajstić information content (AvgIpc) is 2.68. The number of halogens is 1. The van der Waals surface area contributed by atoms with E-state index in [1.165, 1.54) is 11.8 Å². The molecular weight excluding hydrogens is 436 g/mol. The van der Waals surface area contributed by atoms with E-state index in [1.54, 1.807) is 11.8 Å². The number of nitrogens with zero attached hydrogens (tertiary/aromatic N) is 1. The molecule has 0 heterocycles. The molecule has 0 aliphatic heterocycles. The van der Waals surface area contributed by atoms with Crippen molar-refractivity contribution in [2.24, 2.45) is 5.92 Å². The lowest BCUT2D eigenvalue weighted by molar-refractivity contribution is -0.138. The summed E-state index contributed by atoms with van der Waals surface area (Å²) in [6.07, 6.45) is 0. The van der Waals surface area contributed by atoms with E-state index in [-0.39, 0.29) is 11.8 Å². The minimum Gasteiger partial charge on any atom is -0.354 e. The molecule has 0 aliphatic rings. The second-order valence-electron chi connectivity index (χ2n) is 7.07. The van der Waals surface area contributed by atoms with Crippen molar-refractivity contribution in [2.75, 3.05) is 12.3 Å². The van der Waals surface area contributed by atoms with Crippen molar-refractivity contribution in [2.45, 2.75) is 38.3 Å². The molecule has 0 unspecified atom stereocenters. The number of rotatable bonds is 9. The normalized spacial score (nSPS) is 11.9. The van der Waals surface area contributed by atoms with E-state index in [9.17, 15) is 9.59 Å². The lowest BCUT2D eigenvalue weighted by Crippen LogP contribution is -2.48. The van der Waals surface area contributed by atoms with Crippen molar-refractivity contribution in [3.05, 3.63) is 64.6 Å². The van der Waals surface area contributed by atoms with Gasteiger partial charge in [-0.25, -0.2) is 0 Å². The molecule has 2 amide bonds. The molecule has 2 aromatic carbocycles. The highest BCUT2D eigenvalue weighted by atomic mass is 79.9. The summed E-state index contributed by atoms with van der Waals surface area (Å²) in [6, 6.07) is 17.1. The largest absolute Gasteiger partial charge is 0.354 e. The third kappa shape index (κ3) is 7.32. The lowest BCUT2D eigenvalue weighted by Gasteiger charge is -2.29. The van der Waals surface area contributed by atoms with Crippen LogP contribution in [0.5, 0.6) is 0 Å². The van der Waals surface area contributed by atoms with E-state index < -0.39 is 6.04 Å². The Morgan fingerprint density at radius 2 is 1.79 bits per heavy atom. The van der Waals surface area contributed by atoms with Crippen molar-refractivity contribution < 1.29 is 9.59 Å². The Hall–Kier alpha value is -1.79. The first-order valence-corrected chi connectivity index (χ1v) is 11.1. The smallest absolute Gasteiger partial charge is 0.242 e. The molecule has 1 atom stereocenters. The molecule has 6 heteroatoms. The number of benzene rings is 2. The Bertz CT molecular complexity index is 783. The van der Waals surface area contributed by atoms with E-state index in [0.717, 1.165) is 14.9 Å². The summed E-state index contributed by atoms with van der Waals surface area (Å²) in [4.78, 5) is 28.3. The number of hydrogen-bond acceptors (Lipinski definition) is 3. The van der Waals surface area contributed by atoms with Crippen LogP contribution in [-0.4, -0.2) is 35.1 Å². The standard InChI is InChI=1S/C22H27BrN2O2S/c1-16(2)13-24-22(27)17(3)25(14-18-8-7-9-19(23)12-18)21(26)15-28-20-10-5-4-6-11-20/h4-12,16-17H,13-15H2,1-3H3,(H,24,27)/t17-/m0/s1. The Kier molecular flexibility index (Phi) is 9.06. The van der Waals surface area contributed by atoms with Gasteiger partial charge in [-0.05, 0) is 42.7 Å². The maximum atomic E-state index is 13.0. The summed E-state index contributed by atoms with van der Waals surface area (Å²) >= 11 is 4.96. The van der Waals surface area contributed by atoms with Crippen LogP contribution in [0.4, 0.5) is 0 Å². The summed E-state index contributed by atoms with van der Waals surface area (Å²) in [7, 11) is 0. The van der Waals surface area contributed by atoms with Gasteiger partial charge in [-0.2, -0.15) is 0 Å². The van der Waals surface area contributed by atoms with Gasteiger partial charge in [0.05, 0.1) is 5.75 Å². The van der Waals surface area contributed by atoms with Crippen LogP contribution < -0.4 is 5.32 Å². The maximum Gasteiger partial charge on any atom is 0.242 e. The Morgan fingerprint density at radius 3 is 2.43 bits per heavy atom. The van der Waals surface area contributed by atoms with Gasteiger partial charge in [-0.1, -0.05) is 60.1 Å². The highest BCUT2D eigenvalue weighted by Gasteiger charge is 2.26. The van der Waals surface area contributed by atoms with E-state index in [0.29, 0.717) is 24.8 Å². The van der Waals surface area contributed by atoms with Gasteiger partial charge in [0.1, 0.15) is 6.04 Å². The quantitative estimate of drug-likeness (QED) is 0.547. The van der Waals surface area contributed by atoms with Crippen LogP contribution in [0.1, 0.15) is 26.3 Å². The third-order valence-corrected chi connectivity index (χ3v) is 5.69. The minimum absolute atomic E-state index is 0.0546. The van der Waals surface area contributed by atoms with Gasteiger partial charge in [-0.3, -0.25) is 9.59 Å². The Morgan fingerprint density at radius 1 is 1.07 bits per heavy atom. The molecule has 4 nitrogen and oxygen atoms in total. The molecule has 0 saturated carbocycles. The third-order valence-electron chi connectivity index (χ3n) is 4.20. The number of carbonyl (C=O) groups excluding carboxylic acids is 2. The van der Waals surface area contributed by atoms with Crippen molar-refractivity contribution in [1.29, 1.82) is 0 Å². The Labute approximate surface area is 180 Å². The summed E-state index contributed by atoms with van der Waals surface area (Å²) in [5, 5.41) is 2.94. The molecule has 2 rings (SSSR count). The predicted octanol–water partition coefficient (Wildman–Crippen LogP) is 4.73. The van der Waals surface area contributed by atoms with E-state index >= 15 is 0 Å². The van der Waals surface area contributed by atoms with Gasteiger partial charge >= 0.3 is 0 Å². The fourth-order valence-electron chi connectivity index (χ4n) is 2.61. The number of carbonyl (C=O) groups is 2. The fourth-order valence-corrected chi connectivity index (χ4v) is 3.86. The van der Waals surface area contributed by atoms with Gasteiger partial charge < -0.3 is 10.2 Å². The molecule has 0 aliphatic carbocycles. The molecule has 0 fully saturated rings. The zero-order valence-electron chi connectivity index (χ0n) is 16.5. The summed E-state index contributed by atoms with van der Waals surface area (Å²) in [5.74, 6) is 0.474. The SMILES string of the molecule is CC(C)CNC(=O)[C@H](C)N(Cc1cccc(Br)c1)C(=O)CSc1ccccc1. The maximum absolute atomic E-state index is 13.0. The monoisotopic (exact) mass is 462 g/mol. The predicted molar refractivity (Wildman–Crippen MR) is 119 cm³/mol. The molecule has 0 radical (unpaired) electrons. The first-order chi connectivity index (χ1) is 13.4. The molecular formula is C22H27BrN2O2S. The van der Waals surface area contributed by atoms with Gasteiger partial charge in [-0.15, -0.1) is 11.8 Å². The molecule has 1 N–H and O–H groups in total. The molecule has 0 spiro atoms. The van der Waals surface area contributed by atoms with E-state index in [1.807, 2.05) is 68.4 Å². The van der Waals surface area contributed by atoms with Crippen LogP contribution in [0.3, 0.4) is 0 Å². The second kappa shape index (κ2) is 11.3. The number of nitrogens with one attached hydrogen (secondary N) is 1. The van der Waals surface area contributed by atoms with Crippen LogP contribution >= 0.6 is 27.7 Å². The lowest BCUT2D eigenvalue weighted by atomic mass is 10.1. The van der Waals surface area contributed by atoms with Crippen LogP contribution in [0.15, 0.2) is 64.0 Å². The van der Waals surface area contributed by atoms with Crippen LogP contribution in [-0.2, 0) is 16.1 Å². The first kappa shape index (κ1) is 22.5. The molecule has 0 bridgehead atoms. The molecule has 0 saturated heterocycles. The van der Waals surface area contributed by atoms with E-state index in [4.69, 9.17) is 0 Å². The van der Waals surface area contributed by atoms with Crippen molar-refractivity contribution >= 4 is 39.5 Å². The highest BCUT2D eigenvalue weighted by Crippen LogP contribution is 2.20. The number of hydrogen-bond donors (Lipinski definition) is 1. The van der Waals surface area contributed by atoms with Crippen LogP contribution in [0, 0.1) is 5.92 Å². The number of amides is 2. The topological polar surface area (TPSA) is 49.4 Å². The van der Waals surface area contributed by atoms with Crippen LogP contribution in [0.2, 0.25) is 0 Å². The molecule has 150 valence electrons. The van der Waals surface area contributed by atoms with Crippen molar-refractivity contribution in [3.8, 4) is 0 Å². The van der Waals surface area contributed by atoms with E-state index in [2.05, 4.69) is 21.2 Å². The van der Waals surface area contributed by atoms with Gasteiger partial charge in [0.15, 0.2) is 0 Å². The fraction of sp³-hybridized carbons (Fsp3) is 0.364. The Balaban J connectivity index is 2.11. The van der Waals surface area contributed by atoms with Gasteiger partial charge in [0.25, 0.3) is 0 Å². The summed E-state index contributed by atoms with van der Waals surface area (Å²) < 4.78 is 0.952. The number of thioether (sulfide) groups is 1. The average molecular weight is 463 g/mol. The summed E-state index contributed by atoms with van der Waals surface area (Å²) in [5.41, 5.74) is 0.982. The van der Waals surface area contributed by atoms with Crippen molar-refractivity contribution in [3.63, 3.8) is 0 Å². The zero-order chi connectivity index (χ0) is 20.5. The van der Waals surface area contributed by atoms with Gasteiger partial charge in [0, 0.05) is 22.5 Å². The molecule has 0 aromatic heterocycles. The molecule has 28 heavy (non-hydrogen) atoms. The van der Waals surface area contributed by atoms with Gasteiger partial charge in [0.2, 0.25) is 11.8 Å². The zero-order valence-corrected chi connectivity index (χ0v) is 18.9. The van der Waals surface area contributed by atoms with Crippen molar-refractivity contribution in [1.82, 2.24) is 10.2 Å².